The van der Waals surface area contributed by atoms with Gasteiger partial charge in [0, 0.05) is 5.56 Å². The number of ether oxygens (including phenoxy) is 1. The van der Waals surface area contributed by atoms with E-state index in [2.05, 4.69) is 9.97 Å². The third-order valence-corrected chi connectivity index (χ3v) is 2.88. The maximum Gasteiger partial charge on any atom is 0.227 e. The first-order valence-electron chi connectivity index (χ1n) is 5.42. The summed E-state index contributed by atoms with van der Waals surface area (Å²) >= 11 is 5.93. The van der Waals surface area contributed by atoms with Crippen molar-refractivity contribution in [2.24, 2.45) is 0 Å². The molecule has 1 heterocycles. The summed E-state index contributed by atoms with van der Waals surface area (Å²) in [5, 5.41) is 0.311. The molecule has 18 heavy (non-hydrogen) atoms. The largest absolute Gasteiger partial charge is 0.435 e. The molecular weight excluding hydrogens is 255 g/mol. The smallest absolute Gasteiger partial charge is 0.227 e. The number of benzene rings is 1. The Hall–Kier alpha value is -1.68. The van der Waals surface area contributed by atoms with Crippen LogP contribution in [0, 0.1) is 26.6 Å². The monoisotopic (exact) mass is 266 g/mol. The third kappa shape index (κ3) is 2.43. The molecule has 0 aliphatic rings. The Morgan fingerprint density at radius 2 is 1.89 bits per heavy atom. The van der Waals surface area contributed by atoms with Gasteiger partial charge in [-0.05, 0) is 32.4 Å². The number of aryl methyl sites for hydroxylation is 2. The molecule has 0 spiro atoms. The Balaban J connectivity index is 2.43. The second kappa shape index (κ2) is 4.90. The van der Waals surface area contributed by atoms with Gasteiger partial charge >= 0.3 is 0 Å². The van der Waals surface area contributed by atoms with E-state index >= 15 is 0 Å². The summed E-state index contributed by atoms with van der Waals surface area (Å²) < 4.78 is 19.3. The predicted octanol–water partition coefficient (Wildman–Crippen LogP) is 3.99. The minimum absolute atomic E-state index is 0.132. The molecule has 0 saturated carbocycles. The first-order valence-corrected chi connectivity index (χ1v) is 5.80. The second-order valence-electron chi connectivity index (χ2n) is 3.98. The van der Waals surface area contributed by atoms with Gasteiger partial charge in [0.25, 0.3) is 0 Å². The average Bonchev–Trinajstić information content (AvgIpc) is 2.31. The van der Waals surface area contributed by atoms with Gasteiger partial charge in [-0.2, -0.15) is 4.98 Å². The van der Waals surface area contributed by atoms with Crippen LogP contribution in [0.2, 0.25) is 5.15 Å². The molecule has 0 fully saturated rings. The molecule has 3 nitrogen and oxygen atoms in total. The molecule has 0 aliphatic carbocycles. The highest BCUT2D eigenvalue weighted by molar-refractivity contribution is 6.30. The summed E-state index contributed by atoms with van der Waals surface area (Å²) in [6.07, 6.45) is 0. The highest BCUT2D eigenvalue weighted by Crippen LogP contribution is 2.29. The molecule has 1 aromatic carbocycles. The van der Waals surface area contributed by atoms with E-state index < -0.39 is 5.82 Å². The lowest BCUT2D eigenvalue weighted by Gasteiger charge is -2.10. The Labute approximate surface area is 110 Å². The van der Waals surface area contributed by atoms with Crippen LogP contribution in [0.4, 0.5) is 4.39 Å². The summed E-state index contributed by atoms with van der Waals surface area (Å²) in [6.45, 7) is 5.10. The van der Waals surface area contributed by atoms with Gasteiger partial charge in [-0.1, -0.05) is 23.7 Å². The molecule has 0 unspecified atom stereocenters. The molecular formula is C13H12ClFN2O. The predicted molar refractivity (Wildman–Crippen MR) is 67.7 cm³/mol. The topological polar surface area (TPSA) is 35.0 Å². The van der Waals surface area contributed by atoms with Crippen LogP contribution in [0.5, 0.6) is 11.6 Å². The zero-order valence-electron chi connectivity index (χ0n) is 10.3. The molecule has 0 amide bonds. The van der Waals surface area contributed by atoms with E-state index in [0.29, 0.717) is 22.1 Å². The summed E-state index contributed by atoms with van der Waals surface area (Å²) in [5.41, 5.74) is 1.10. The van der Waals surface area contributed by atoms with Crippen molar-refractivity contribution in [2.45, 2.75) is 20.8 Å². The molecule has 5 heteroatoms. The lowest BCUT2D eigenvalue weighted by Crippen LogP contribution is -1.99. The van der Waals surface area contributed by atoms with Crippen molar-refractivity contribution in [1.82, 2.24) is 9.97 Å². The maximum atomic E-state index is 13.8. The van der Waals surface area contributed by atoms with Gasteiger partial charge in [0.2, 0.25) is 5.88 Å². The molecule has 94 valence electrons. The molecule has 2 aromatic rings. The Morgan fingerprint density at radius 1 is 1.17 bits per heavy atom. The minimum atomic E-state index is -0.399. The summed E-state index contributed by atoms with van der Waals surface area (Å²) in [5.74, 6) is 0.488. The first-order chi connectivity index (χ1) is 8.49. The van der Waals surface area contributed by atoms with Crippen LogP contribution in [-0.4, -0.2) is 9.97 Å². The Kier molecular flexibility index (Phi) is 3.48. The summed E-state index contributed by atoms with van der Waals surface area (Å²) in [4.78, 5) is 8.11. The van der Waals surface area contributed by atoms with E-state index in [9.17, 15) is 4.39 Å². The van der Waals surface area contributed by atoms with E-state index in [1.165, 1.54) is 0 Å². The fraction of sp³-hybridized carbons (Fsp3) is 0.231. The summed E-state index contributed by atoms with van der Waals surface area (Å²) in [7, 11) is 0. The molecule has 0 aliphatic heterocycles. The van der Waals surface area contributed by atoms with Crippen molar-refractivity contribution < 1.29 is 9.13 Å². The average molecular weight is 267 g/mol. The molecule has 1 aromatic heterocycles. The van der Waals surface area contributed by atoms with Crippen molar-refractivity contribution in [3.8, 4) is 11.6 Å². The molecule has 0 N–H and O–H groups in total. The van der Waals surface area contributed by atoms with Crippen molar-refractivity contribution in [2.75, 3.05) is 0 Å². The number of hydrogen-bond donors (Lipinski definition) is 0. The van der Waals surface area contributed by atoms with Gasteiger partial charge in [-0.15, -0.1) is 0 Å². The van der Waals surface area contributed by atoms with Crippen LogP contribution < -0.4 is 4.74 Å². The maximum absolute atomic E-state index is 13.8. The van der Waals surface area contributed by atoms with Crippen LogP contribution in [0.3, 0.4) is 0 Å². The van der Waals surface area contributed by atoms with Crippen molar-refractivity contribution in [1.29, 1.82) is 0 Å². The van der Waals surface area contributed by atoms with Gasteiger partial charge in [0.1, 0.15) is 11.0 Å². The minimum Gasteiger partial charge on any atom is -0.435 e. The number of hydrogen-bond acceptors (Lipinski definition) is 3. The zero-order valence-corrected chi connectivity index (χ0v) is 11.0. The van der Waals surface area contributed by atoms with E-state index in [-0.39, 0.29) is 11.6 Å². The number of aromatic nitrogens is 2. The van der Waals surface area contributed by atoms with Gasteiger partial charge in [0.15, 0.2) is 11.6 Å². The van der Waals surface area contributed by atoms with E-state index in [1.54, 1.807) is 39.0 Å². The lowest BCUT2D eigenvalue weighted by molar-refractivity contribution is 0.420. The number of halogens is 2. The van der Waals surface area contributed by atoms with Crippen molar-refractivity contribution in [3.63, 3.8) is 0 Å². The van der Waals surface area contributed by atoms with Crippen LogP contribution in [-0.2, 0) is 0 Å². The molecule has 0 atom stereocenters. The molecule has 2 rings (SSSR count). The van der Waals surface area contributed by atoms with E-state index in [4.69, 9.17) is 16.3 Å². The van der Waals surface area contributed by atoms with Crippen molar-refractivity contribution >= 4 is 11.6 Å². The van der Waals surface area contributed by atoms with Crippen LogP contribution >= 0.6 is 11.6 Å². The third-order valence-electron chi connectivity index (χ3n) is 2.52. The molecule has 0 bridgehead atoms. The normalized spacial score (nSPS) is 10.5. The quantitative estimate of drug-likeness (QED) is 0.771. The van der Waals surface area contributed by atoms with Gasteiger partial charge in [0.05, 0.1) is 0 Å². The number of rotatable bonds is 2. The van der Waals surface area contributed by atoms with Crippen LogP contribution in [0.1, 0.15) is 17.0 Å². The standard InChI is InChI=1S/C13H12ClFN2O/c1-7-5-4-6-10(11(7)15)18-13-8(2)12(14)16-9(3)17-13/h4-6H,1-3H3. The molecule has 0 radical (unpaired) electrons. The zero-order chi connectivity index (χ0) is 13.3. The van der Waals surface area contributed by atoms with Crippen LogP contribution in [0.25, 0.3) is 0 Å². The van der Waals surface area contributed by atoms with Crippen molar-refractivity contribution in [3.05, 3.63) is 46.1 Å². The first kappa shape index (κ1) is 12.8. The van der Waals surface area contributed by atoms with Gasteiger partial charge in [-0.3, -0.25) is 0 Å². The highest BCUT2D eigenvalue weighted by Gasteiger charge is 2.13. The van der Waals surface area contributed by atoms with Gasteiger partial charge in [-0.25, -0.2) is 9.37 Å². The Bertz CT molecular complexity index is 602. The fourth-order valence-corrected chi connectivity index (χ4v) is 1.68. The fourth-order valence-electron chi connectivity index (χ4n) is 1.47. The Morgan fingerprint density at radius 3 is 2.61 bits per heavy atom. The molecule has 0 saturated heterocycles. The second-order valence-corrected chi connectivity index (χ2v) is 4.34. The highest BCUT2D eigenvalue weighted by atomic mass is 35.5. The van der Waals surface area contributed by atoms with Crippen LogP contribution in [0.15, 0.2) is 18.2 Å². The lowest BCUT2D eigenvalue weighted by atomic mass is 10.2. The van der Waals surface area contributed by atoms with Gasteiger partial charge < -0.3 is 4.74 Å². The van der Waals surface area contributed by atoms with E-state index in [0.717, 1.165) is 0 Å². The number of nitrogens with zero attached hydrogens (tertiary/aromatic N) is 2. The summed E-state index contributed by atoms with van der Waals surface area (Å²) in [6, 6.07) is 4.94. The SMILES string of the molecule is Cc1nc(Cl)c(C)c(Oc2cccc(C)c2F)n1. The van der Waals surface area contributed by atoms with E-state index in [1.807, 2.05) is 0 Å².